The molecule has 0 aromatic heterocycles. The van der Waals surface area contributed by atoms with Gasteiger partial charge >= 0.3 is 0 Å². The Bertz CT molecular complexity index is 590. The summed E-state index contributed by atoms with van der Waals surface area (Å²) in [4.78, 5) is 0.116. The van der Waals surface area contributed by atoms with E-state index in [0.717, 1.165) is 0 Å². The standard InChI is InChI=1S/C13H18ClNO4S/c1-9-5-6-15(8-12(9)16)20(17,18)10-3-4-13(19-2)11(14)7-10/h3-4,7,9,12,16H,5-6,8H2,1-2H3. The molecule has 20 heavy (non-hydrogen) atoms. The predicted molar refractivity (Wildman–Crippen MR) is 76.6 cm³/mol. The number of rotatable bonds is 3. The number of hydrogen-bond acceptors (Lipinski definition) is 4. The molecule has 1 heterocycles. The summed E-state index contributed by atoms with van der Waals surface area (Å²) >= 11 is 5.97. The van der Waals surface area contributed by atoms with Gasteiger partial charge in [0.2, 0.25) is 10.0 Å². The van der Waals surface area contributed by atoms with Gasteiger partial charge in [-0.2, -0.15) is 4.31 Å². The minimum atomic E-state index is -3.63. The third-order valence-corrected chi connectivity index (χ3v) is 5.80. The summed E-state index contributed by atoms with van der Waals surface area (Å²) in [6.07, 6.45) is 0.0110. The molecule has 1 fully saturated rings. The first-order chi connectivity index (χ1) is 9.36. The zero-order valence-electron chi connectivity index (χ0n) is 11.4. The van der Waals surface area contributed by atoms with Crippen molar-refractivity contribution in [3.63, 3.8) is 0 Å². The molecule has 1 aromatic carbocycles. The van der Waals surface area contributed by atoms with E-state index in [4.69, 9.17) is 16.3 Å². The summed E-state index contributed by atoms with van der Waals surface area (Å²) in [7, 11) is -2.16. The molecule has 0 radical (unpaired) electrons. The predicted octanol–water partition coefficient (Wildman–Crippen LogP) is 1.74. The number of hydrogen-bond donors (Lipinski definition) is 1. The summed E-state index contributed by atoms with van der Waals surface area (Å²) in [5.41, 5.74) is 0. The molecular weight excluding hydrogens is 302 g/mol. The normalized spacial score (nSPS) is 24.6. The summed E-state index contributed by atoms with van der Waals surface area (Å²) in [5, 5.41) is 10.1. The SMILES string of the molecule is COc1ccc(S(=O)(=O)N2CCC(C)C(O)C2)cc1Cl. The second kappa shape index (κ2) is 5.89. The average molecular weight is 320 g/mol. The Morgan fingerprint density at radius 2 is 2.15 bits per heavy atom. The van der Waals surface area contributed by atoms with Crippen LogP contribution in [0.5, 0.6) is 5.75 Å². The van der Waals surface area contributed by atoms with Crippen molar-refractivity contribution in [2.24, 2.45) is 5.92 Å². The Labute approximate surface area is 124 Å². The van der Waals surface area contributed by atoms with Crippen molar-refractivity contribution < 1.29 is 18.3 Å². The van der Waals surface area contributed by atoms with Gasteiger partial charge in [-0.05, 0) is 30.5 Å². The van der Waals surface area contributed by atoms with Crippen LogP contribution in [-0.4, -0.2) is 44.1 Å². The molecule has 0 amide bonds. The number of benzene rings is 1. The van der Waals surface area contributed by atoms with Crippen LogP contribution >= 0.6 is 11.6 Å². The quantitative estimate of drug-likeness (QED) is 0.921. The van der Waals surface area contributed by atoms with Crippen LogP contribution in [0, 0.1) is 5.92 Å². The van der Waals surface area contributed by atoms with Gasteiger partial charge < -0.3 is 9.84 Å². The minimum absolute atomic E-state index is 0.112. The molecule has 112 valence electrons. The minimum Gasteiger partial charge on any atom is -0.495 e. The summed E-state index contributed by atoms with van der Waals surface area (Å²) in [6.45, 7) is 2.44. The van der Waals surface area contributed by atoms with Gasteiger partial charge in [0.15, 0.2) is 0 Å². The third kappa shape index (κ3) is 2.93. The van der Waals surface area contributed by atoms with Gasteiger partial charge in [-0.25, -0.2) is 8.42 Å². The van der Waals surface area contributed by atoms with E-state index in [1.54, 1.807) is 0 Å². The van der Waals surface area contributed by atoms with E-state index in [1.807, 2.05) is 6.92 Å². The number of aliphatic hydroxyl groups is 1. The van der Waals surface area contributed by atoms with E-state index in [2.05, 4.69) is 0 Å². The summed E-state index contributed by atoms with van der Waals surface area (Å²) in [6, 6.07) is 4.36. The molecule has 2 unspecified atom stereocenters. The Morgan fingerprint density at radius 1 is 1.45 bits per heavy atom. The van der Waals surface area contributed by atoms with E-state index in [-0.39, 0.29) is 22.4 Å². The zero-order valence-corrected chi connectivity index (χ0v) is 13.0. The molecule has 7 heteroatoms. The molecule has 0 spiro atoms. The van der Waals surface area contributed by atoms with E-state index in [9.17, 15) is 13.5 Å². The maximum absolute atomic E-state index is 12.5. The third-order valence-electron chi connectivity index (χ3n) is 3.64. The fourth-order valence-corrected chi connectivity index (χ4v) is 4.02. The van der Waals surface area contributed by atoms with Crippen LogP contribution in [0.4, 0.5) is 0 Å². The number of aliphatic hydroxyl groups excluding tert-OH is 1. The second-order valence-corrected chi connectivity index (χ2v) is 7.34. The summed E-state index contributed by atoms with van der Waals surface area (Å²) in [5.74, 6) is 0.541. The van der Waals surface area contributed by atoms with Crippen molar-refractivity contribution in [3.8, 4) is 5.75 Å². The monoisotopic (exact) mass is 319 g/mol. The van der Waals surface area contributed by atoms with Crippen molar-refractivity contribution >= 4 is 21.6 Å². The highest BCUT2D eigenvalue weighted by molar-refractivity contribution is 7.89. The van der Waals surface area contributed by atoms with E-state index in [0.29, 0.717) is 18.7 Å². The van der Waals surface area contributed by atoms with Crippen molar-refractivity contribution in [1.29, 1.82) is 0 Å². The van der Waals surface area contributed by atoms with E-state index >= 15 is 0 Å². The molecule has 2 atom stereocenters. The van der Waals surface area contributed by atoms with Crippen molar-refractivity contribution in [3.05, 3.63) is 23.2 Å². The highest BCUT2D eigenvalue weighted by Crippen LogP contribution is 2.30. The molecule has 1 aliphatic heterocycles. The fourth-order valence-electron chi connectivity index (χ4n) is 2.19. The molecule has 1 saturated heterocycles. The number of sulfonamides is 1. The summed E-state index contributed by atoms with van der Waals surface area (Å²) < 4.78 is 31.3. The number of ether oxygens (including phenoxy) is 1. The number of halogens is 1. The highest BCUT2D eigenvalue weighted by Gasteiger charge is 2.33. The molecule has 0 aliphatic carbocycles. The largest absolute Gasteiger partial charge is 0.495 e. The van der Waals surface area contributed by atoms with Gasteiger partial charge in [-0.3, -0.25) is 0 Å². The lowest BCUT2D eigenvalue weighted by molar-refractivity contribution is 0.0605. The average Bonchev–Trinajstić information content (AvgIpc) is 2.41. The van der Waals surface area contributed by atoms with Crippen LogP contribution in [0.2, 0.25) is 5.02 Å². The van der Waals surface area contributed by atoms with Gasteiger partial charge in [0.1, 0.15) is 5.75 Å². The topological polar surface area (TPSA) is 66.8 Å². The molecular formula is C13H18ClNO4S. The number of nitrogens with zero attached hydrogens (tertiary/aromatic N) is 1. The highest BCUT2D eigenvalue weighted by atomic mass is 35.5. The second-order valence-electron chi connectivity index (χ2n) is 4.99. The van der Waals surface area contributed by atoms with Crippen molar-refractivity contribution in [2.75, 3.05) is 20.2 Å². The lowest BCUT2D eigenvalue weighted by atomic mass is 9.98. The van der Waals surface area contributed by atoms with Gasteiger partial charge in [-0.15, -0.1) is 0 Å². The Morgan fingerprint density at radius 3 is 2.70 bits per heavy atom. The lowest BCUT2D eigenvalue weighted by Gasteiger charge is -2.33. The molecule has 1 aliphatic rings. The van der Waals surface area contributed by atoms with Crippen LogP contribution < -0.4 is 4.74 Å². The Hall–Kier alpha value is -0.820. The van der Waals surface area contributed by atoms with Gasteiger partial charge in [0.25, 0.3) is 0 Å². The molecule has 0 bridgehead atoms. The zero-order chi connectivity index (χ0) is 14.9. The van der Waals surface area contributed by atoms with Crippen LogP contribution in [0.1, 0.15) is 13.3 Å². The van der Waals surface area contributed by atoms with Gasteiger partial charge in [0, 0.05) is 13.1 Å². The fraction of sp³-hybridized carbons (Fsp3) is 0.538. The first-order valence-corrected chi connectivity index (χ1v) is 8.20. The van der Waals surface area contributed by atoms with Crippen LogP contribution in [0.15, 0.2) is 23.1 Å². The number of β-amino-alcohol motifs (C(OH)–C–C–N with tert-alkyl or cyclic N) is 1. The van der Waals surface area contributed by atoms with Crippen LogP contribution in [0.25, 0.3) is 0 Å². The maximum Gasteiger partial charge on any atom is 0.243 e. The lowest BCUT2D eigenvalue weighted by Crippen LogP contribution is -2.45. The Kier molecular flexibility index (Phi) is 4.59. The number of piperidine rings is 1. The first-order valence-electron chi connectivity index (χ1n) is 6.38. The van der Waals surface area contributed by atoms with Gasteiger partial charge in [-0.1, -0.05) is 18.5 Å². The van der Waals surface area contributed by atoms with Gasteiger partial charge in [0.05, 0.1) is 23.1 Å². The van der Waals surface area contributed by atoms with Crippen LogP contribution in [0.3, 0.4) is 0 Å². The molecule has 1 aromatic rings. The molecule has 0 saturated carbocycles. The molecule has 2 rings (SSSR count). The smallest absolute Gasteiger partial charge is 0.243 e. The van der Waals surface area contributed by atoms with E-state index < -0.39 is 16.1 Å². The maximum atomic E-state index is 12.5. The van der Waals surface area contributed by atoms with Crippen LogP contribution in [-0.2, 0) is 10.0 Å². The Balaban J connectivity index is 2.29. The first kappa shape index (κ1) is 15.6. The van der Waals surface area contributed by atoms with Crippen molar-refractivity contribution in [1.82, 2.24) is 4.31 Å². The molecule has 1 N–H and O–H groups in total. The van der Waals surface area contributed by atoms with E-state index in [1.165, 1.54) is 29.6 Å². The molecule has 5 nitrogen and oxygen atoms in total. The number of methoxy groups -OCH3 is 1. The van der Waals surface area contributed by atoms with Crippen molar-refractivity contribution in [2.45, 2.75) is 24.3 Å².